The third-order valence-electron chi connectivity index (χ3n) is 3.05. The molecule has 0 bridgehead atoms. The molecule has 0 atom stereocenters. The number of anilines is 2. The van der Waals surface area contributed by atoms with Crippen LogP contribution in [0.15, 0.2) is 6.07 Å². The van der Waals surface area contributed by atoms with Crippen molar-refractivity contribution < 1.29 is 4.79 Å². The highest BCUT2D eigenvalue weighted by atomic mass is 35.5. The summed E-state index contributed by atoms with van der Waals surface area (Å²) in [5.74, 6) is 0.834. The molecule has 0 aliphatic carbocycles. The summed E-state index contributed by atoms with van der Waals surface area (Å²) in [7, 11) is 0. The van der Waals surface area contributed by atoms with E-state index in [1.807, 2.05) is 4.90 Å². The van der Waals surface area contributed by atoms with Crippen LogP contribution in [-0.2, 0) is 4.79 Å². The molecule has 1 aromatic rings. The molecule has 19 heavy (non-hydrogen) atoms. The van der Waals surface area contributed by atoms with Gasteiger partial charge in [0, 0.05) is 26.1 Å². The monoisotopic (exact) mass is 302 g/mol. The van der Waals surface area contributed by atoms with Crippen LogP contribution < -0.4 is 11.1 Å². The summed E-state index contributed by atoms with van der Waals surface area (Å²) in [6.45, 7) is 2.21. The number of rotatable bonds is 4. The van der Waals surface area contributed by atoms with Gasteiger partial charge in [0.05, 0.1) is 10.0 Å². The first-order valence-electron chi connectivity index (χ1n) is 6.21. The van der Waals surface area contributed by atoms with Crippen molar-refractivity contribution in [1.29, 1.82) is 0 Å². The molecule has 1 aromatic heterocycles. The Bertz CT molecular complexity index is 475. The fourth-order valence-corrected chi connectivity index (χ4v) is 2.44. The minimum absolute atomic E-state index is 0.156. The predicted octanol–water partition coefficient (Wildman–Crippen LogP) is 2.40. The Balaban J connectivity index is 1.85. The van der Waals surface area contributed by atoms with Gasteiger partial charge in [-0.15, -0.1) is 0 Å². The summed E-state index contributed by atoms with van der Waals surface area (Å²) in [5, 5.41) is 3.73. The van der Waals surface area contributed by atoms with Crippen LogP contribution in [0.5, 0.6) is 0 Å². The van der Waals surface area contributed by atoms with E-state index < -0.39 is 0 Å². The zero-order chi connectivity index (χ0) is 13.8. The van der Waals surface area contributed by atoms with Crippen molar-refractivity contribution in [1.82, 2.24) is 9.88 Å². The Morgan fingerprint density at radius 3 is 2.74 bits per heavy atom. The lowest BCUT2D eigenvalue weighted by atomic mass is 10.3. The van der Waals surface area contributed by atoms with Gasteiger partial charge in [0.2, 0.25) is 5.91 Å². The lowest BCUT2D eigenvalue weighted by Gasteiger charge is -2.15. The van der Waals surface area contributed by atoms with Gasteiger partial charge < -0.3 is 16.0 Å². The van der Waals surface area contributed by atoms with Crippen LogP contribution in [0.4, 0.5) is 11.6 Å². The Morgan fingerprint density at radius 1 is 1.37 bits per heavy atom. The van der Waals surface area contributed by atoms with E-state index in [1.165, 1.54) is 6.07 Å². The molecule has 0 spiro atoms. The second-order valence-electron chi connectivity index (χ2n) is 4.45. The lowest BCUT2D eigenvalue weighted by Crippen LogP contribution is -2.29. The molecule has 2 rings (SSSR count). The maximum Gasteiger partial charge on any atom is 0.224 e. The highest BCUT2D eigenvalue weighted by Gasteiger charge is 2.17. The van der Waals surface area contributed by atoms with Gasteiger partial charge in [-0.3, -0.25) is 4.79 Å². The lowest BCUT2D eigenvalue weighted by molar-refractivity contribution is -0.129. The fourth-order valence-electron chi connectivity index (χ4n) is 2.02. The van der Waals surface area contributed by atoms with Crippen molar-refractivity contribution in [3.05, 3.63) is 16.1 Å². The molecule has 104 valence electrons. The molecule has 1 saturated heterocycles. The van der Waals surface area contributed by atoms with Crippen LogP contribution in [0.1, 0.15) is 19.3 Å². The topological polar surface area (TPSA) is 71.2 Å². The Hall–Kier alpha value is -1.20. The van der Waals surface area contributed by atoms with E-state index in [1.54, 1.807) is 0 Å². The third kappa shape index (κ3) is 3.64. The normalized spacial score (nSPS) is 14.7. The molecule has 0 unspecified atom stereocenters. The Kier molecular flexibility index (Phi) is 4.71. The number of hydrogen-bond acceptors (Lipinski definition) is 4. The molecule has 2 heterocycles. The maximum atomic E-state index is 11.8. The number of hydrogen-bond donors (Lipinski definition) is 2. The number of aromatic nitrogens is 1. The highest BCUT2D eigenvalue weighted by molar-refractivity contribution is 6.37. The third-order valence-corrected chi connectivity index (χ3v) is 3.64. The van der Waals surface area contributed by atoms with E-state index in [0.29, 0.717) is 28.8 Å². The molecule has 0 aromatic carbocycles. The number of halogens is 2. The minimum Gasteiger partial charge on any atom is -0.382 e. The summed E-state index contributed by atoms with van der Waals surface area (Å²) in [6, 6.07) is 1.54. The molecule has 0 saturated carbocycles. The number of amides is 1. The standard InChI is InChI=1S/C12H16Cl2N4O/c13-8-7-9(14)12(17-11(8)15)16-4-3-10(19)18-5-1-2-6-18/h7H,1-6H2,(H3,15,16,17). The van der Waals surface area contributed by atoms with Crippen LogP contribution in [0.2, 0.25) is 10.0 Å². The van der Waals surface area contributed by atoms with E-state index in [9.17, 15) is 4.79 Å². The van der Waals surface area contributed by atoms with Crippen molar-refractivity contribution in [2.24, 2.45) is 0 Å². The molecule has 3 N–H and O–H groups in total. The van der Waals surface area contributed by atoms with Crippen molar-refractivity contribution >= 4 is 40.7 Å². The number of nitrogens with one attached hydrogen (secondary N) is 1. The van der Waals surface area contributed by atoms with Crippen molar-refractivity contribution in [3.8, 4) is 0 Å². The number of pyridine rings is 1. The van der Waals surface area contributed by atoms with Gasteiger partial charge in [-0.2, -0.15) is 0 Å². The van der Waals surface area contributed by atoms with Crippen LogP contribution >= 0.6 is 23.2 Å². The molecule has 1 fully saturated rings. The molecule has 1 amide bonds. The molecule has 1 aliphatic rings. The van der Waals surface area contributed by atoms with Crippen LogP contribution in [-0.4, -0.2) is 35.4 Å². The van der Waals surface area contributed by atoms with Gasteiger partial charge in [-0.05, 0) is 18.9 Å². The smallest absolute Gasteiger partial charge is 0.224 e. The molecule has 7 heteroatoms. The van der Waals surface area contributed by atoms with Crippen molar-refractivity contribution in [2.45, 2.75) is 19.3 Å². The minimum atomic E-state index is 0.156. The van der Waals surface area contributed by atoms with E-state index in [0.717, 1.165) is 25.9 Å². The highest BCUT2D eigenvalue weighted by Crippen LogP contribution is 2.27. The van der Waals surface area contributed by atoms with E-state index in [2.05, 4.69) is 10.3 Å². The number of nitrogens with zero attached hydrogens (tertiary/aromatic N) is 2. The second-order valence-corrected chi connectivity index (χ2v) is 5.26. The van der Waals surface area contributed by atoms with Crippen LogP contribution in [0.25, 0.3) is 0 Å². The average Bonchev–Trinajstić information content (AvgIpc) is 2.89. The van der Waals surface area contributed by atoms with Gasteiger partial charge >= 0.3 is 0 Å². The number of nitrogens with two attached hydrogens (primary N) is 1. The first-order valence-corrected chi connectivity index (χ1v) is 6.96. The summed E-state index contributed by atoms with van der Waals surface area (Å²) in [5.41, 5.74) is 5.60. The van der Waals surface area contributed by atoms with Gasteiger partial charge in [-0.1, -0.05) is 23.2 Å². The van der Waals surface area contributed by atoms with Gasteiger partial charge in [0.1, 0.15) is 11.6 Å². The molecule has 1 aliphatic heterocycles. The summed E-state index contributed by atoms with van der Waals surface area (Å²) < 4.78 is 0. The molecular formula is C12H16Cl2N4O. The van der Waals surface area contributed by atoms with Crippen LogP contribution in [0.3, 0.4) is 0 Å². The first-order chi connectivity index (χ1) is 9.08. The summed E-state index contributed by atoms with van der Waals surface area (Å²) in [4.78, 5) is 17.8. The van der Waals surface area contributed by atoms with Gasteiger partial charge in [0.15, 0.2) is 0 Å². The number of carbonyl (C=O) groups is 1. The van der Waals surface area contributed by atoms with Gasteiger partial charge in [0.25, 0.3) is 0 Å². The number of likely N-dealkylation sites (tertiary alicyclic amines) is 1. The Labute approximate surface area is 122 Å². The first kappa shape index (κ1) is 14.2. The zero-order valence-electron chi connectivity index (χ0n) is 10.5. The average molecular weight is 303 g/mol. The summed E-state index contributed by atoms with van der Waals surface area (Å²) in [6.07, 6.45) is 2.61. The molecular weight excluding hydrogens is 287 g/mol. The quantitative estimate of drug-likeness (QED) is 0.896. The fraction of sp³-hybridized carbons (Fsp3) is 0.500. The largest absolute Gasteiger partial charge is 0.382 e. The van der Waals surface area contributed by atoms with Crippen molar-refractivity contribution in [3.63, 3.8) is 0 Å². The molecule has 5 nitrogen and oxygen atoms in total. The van der Waals surface area contributed by atoms with Crippen molar-refractivity contribution in [2.75, 3.05) is 30.7 Å². The van der Waals surface area contributed by atoms with Crippen LogP contribution in [0, 0.1) is 0 Å². The maximum absolute atomic E-state index is 11.8. The zero-order valence-corrected chi connectivity index (χ0v) is 12.0. The predicted molar refractivity (Wildman–Crippen MR) is 77.6 cm³/mol. The summed E-state index contributed by atoms with van der Waals surface area (Å²) >= 11 is 11.8. The second kappa shape index (κ2) is 6.30. The number of nitrogen functional groups attached to an aromatic ring is 1. The van der Waals surface area contributed by atoms with E-state index in [-0.39, 0.29) is 11.7 Å². The SMILES string of the molecule is Nc1nc(NCCC(=O)N2CCCC2)c(Cl)cc1Cl. The Morgan fingerprint density at radius 2 is 2.05 bits per heavy atom. The molecule has 0 radical (unpaired) electrons. The van der Waals surface area contributed by atoms with E-state index >= 15 is 0 Å². The van der Waals surface area contributed by atoms with E-state index in [4.69, 9.17) is 28.9 Å². The number of carbonyl (C=O) groups excluding carboxylic acids is 1. The van der Waals surface area contributed by atoms with Gasteiger partial charge in [-0.25, -0.2) is 4.98 Å².